The Morgan fingerprint density at radius 2 is 2.09 bits per heavy atom. The molecule has 1 aromatic heterocycles. The predicted molar refractivity (Wildman–Crippen MR) is 85.9 cm³/mol. The van der Waals surface area contributed by atoms with Crippen molar-refractivity contribution >= 4 is 40.6 Å². The molecule has 2 rings (SSSR count). The summed E-state index contributed by atoms with van der Waals surface area (Å²) in [4.78, 5) is 8.60. The quantitative estimate of drug-likeness (QED) is 0.467. The third-order valence-corrected chi connectivity index (χ3v) is 3.47. The normalized spacial score (nSPS) is 9.95. The number of aromatic nitrogens is 1. The number of benzene rings is 1. The Labute approximate surface area is 131 Å². The highest BCUT2D eigenvalue weighted by atomic mass is 32.1. The van der Waals surface area contributed by atoms with E-state index < -0.39 is 0 Å². The fourth-order valence-electron chi connectivity index (χ4n) is 1.57. The molecule has 0 saturated heterocycles. The molecular weight excluding hydrogens is 296 g/mol. The summed E-state index contributed by atoms with van der Waals surface area (Å²) in [7, 11) is 0. The molecule has 0 N–H and O–H groups in total. The van der Waals surface area contributed by atoms with Crippen LogP contribution in [0.15, 0.2) is 45.2 Å². The van der Waals surface area contributed by atoms with Gasteiger partial charge in [-0.15, -0.1) is 10.2 Å². The standard InChI is InChI=1S/C15H10N6S/c1-10-5-12(18-2)3-4-14(10)20-21-15-19-9-13(22-15)6-11(7-16)8-17/h3-6,9H,2H2,1H3. The van der Waals surface area contributed by atoms with Crippen LogP contribution < -0.4 is 0 Å². The van der Waals surface area contributed by atoms with E-state index in [2.05, 4.69) is 26.9 Å². The lowest BCUT2D eigenvalue weighted by Crippen LogP contribution is -1.73. The predicted octanol–water partition coefficient (Wildman–Crippen LogP) is 4.63. The zero-order chi connectivity index (χ0) is 15.9. The van der Waals surface area contributed by atoms with Gasteiger partial charge in [-0.05, 0) is 43.5 Å². The number of nitrogens with zero attached hydrogens (tertiary/aromatic N) is 6. The van der Waals surface area contributed by atoms with Gasteiger partial charge in [0.25, 0.3) is 0 Å². The van der Waals surface area contributed by atoms with E-state index in [-0.39, 0.29) is 5.57 Å². The summed E-state index contributed by atoms with van der Waals surface area (Å²) < 4.78 is 0. The van der Waals surface area contributed by atoms with Crippen LogP contribution in [0.25, 0.3) is 6.08 Å². The summed E-state index contributed by atoms with van der Waals surface area (Å²) in [5, 5.41) is 26.1. The molecule has 0 aliphatic rings. The smallest absolute Gasteiger partial charge is 0.230 e. The minimum absolute atomic E-state index is 0.0236. The van der Waals surface area contributed by atoms with Crippen molar-refractivity contribution in [3.8, 4) is 12.1 Å². The third kappa shape index (κ3) is 3.69. The molecule has 0 radical (unpaired) electrons. The van der Waals surface area contributed by atoms with E-state index in [0.29, 0.717) is 10.0 Å². The maximum Gasteiger partial charge on any atom is 0.230 e. The Hall–Kier alpha value is -3.16. The molecule has 0 bridgehead atoms. The number of aliphatic imine (C=N–C) groups is 1. The Kier molecular flexibility index (Phi) is 4.86. The van der Waals surface area contributed by atoms with Crippen molar-refractivity contribution in [2.45, 2.75) is 6.92 Å². The second kappa shape index (κ2) is 7.02. The van der Waals surface area contributed by atoms with Gasteiger partial charge in [0.05, 0.1) is 16.3 Å². The van der Waals surface area contributed by atoms with Crippen LogP contribution in [0.5, 0.6) is 0 Å². The van der Waals surface area contributed by atoms with Crippen molar-refractivity contribution in [3.63, 3.8) is 0 Å². The first-order valence-corrected chi connectivity index (χ1v) is 6.94. The van der Waals surface area contributed by atoms with Gasteiger partial charge in [-0.3, -0.25) is 4.99 Å². The summed E-state index contributed by atoms with van der Waals surface area (Å²) in [5.74, 6) is 0. The molecule has 1 aromatic carbocycles. The number of aryl methyl sites for hydroxylation is 1. The first-order valence-electron chi connectivity index (χ1n) is 6.13. The highest BCUT2D eigenvalue weighted by Crippen LogP contribution is 2.28. The first kappa shape index (κ1) is 15.2. The summed E-state index contributed by atoms with van der Waals surface area (Å²) in [6.07, 6.45) is 3.01. The second-order valence-electron chi connectivity index (χ2n) is 4.16. The number of thiazole rings is 1. The molecule has 106 valence electrons. The van der Waals surface area contributed by atoms with Crippen LogP contribution in [0.4, 0.5) is 16.5 Å². The number of allylic oxidation sites excluding steroid dienone is 1. The molecule has 0 aliphatic heterocycles. The van der Waals surface area contributed by atoms with Crippen LogP contribution >= 0.6 is 11.3 Å². The molecule has 1 heterocycles. The van der Waals surface area contributed by atoms with Crippen LogP contribution in [0.2, 0.25) is 0 Å². The van der Waals surface area contributed by atoms with E-state index in [0.717, 1.165) is 16.9 Å². The van der Waals surface area contributed by atoms with Crippen molar-refractivity contribution in [2.75, 3.05) is 0 Å². The Bertz CT molecular complexity index is 832. The van der Waals surface area contributed by atoms with Crippen LogP contribution in [0.1, 0.15) is 10.4 Å². The molecule has 7 heteroatoms. The molecule has 0 atom stereocenters. The lowest BCUT2D eigenvalue weighted by atomic mass is 10.2. The van der Waals surface area contributed by atoms with Gasteiger partial charge in [0.1, 0.15) is 17.7 Å². The third-order valence-electron chi connectivity index (χ3n) is 2.65. The van der Waals surface area contributed by atoms with E-state index in [9.17, 15) is 0 Å². The largest absolute Gasteiger partial charge is 0.265 e. The zero-order valence-corrected chi connectivity index (χ0v) is 12.5. The number of rotatable bonds is 4. The zero-order valence-electron chi connectivity index (χ0n) is 11.7. The monoisotopic (exact) mass is 306 g/mol. The number of hydrogen-bond acceptors (Lipinski definition) is 7. The van der Waals surface area contributed by atoms with E-state index in [1.807, 2.05) is 13.0 Å². The topological polar surface area (TPSA) is 97.5 Å². The Balaban J connectivity index is 2.20. The average molecular weight is 306 g/mol. The summed E-state index contributed by atoms with van der Waals surface area (Å²) in [5.41, 5.74) is 2.45. The van der Waals surface area contributed by atoms with Gasteiger partial charge in [0, 0.05) is 6.20 Å². The number of nitriles is 2. The number of azo groups is 1. The lowest BCUT2D eigenvalue weighted by molar-refractivity contribution is 1.18. The van der Waals surface area contributed by atoms with Crippen LogP contribution in [0.3, 0.4) is 0 Å². The summed E-state index contributed by atoms with van der Waals surface area (Å²) >= 11 is 1.25. The molecule has 6 nitrogen and oxygen atoms in total. The van der Waals surface area contributed by atoms with Crippen LogP contribution in [-0.2, 0) is 0 Å². The van der Waals surface area contributed by atoms with E-state index in [1.165, 1.54) is 17.4 Å². The number of hydrogen-bond donors (Lipinski definition) is 0. The maximum atomic E-state index is 8.71. The molecule has 0 amide bonds. The van der Waals surface area contributed by atoms with Crippen LogP contribution in [0, 0.1) is 29.6 Å². The van der Waals surface area contributed by atoms with Gasteiger partial charge in [-0.1, -0.05) is 11.3 Å². The van der Waals surface area contributed by atoms with Gasteiger partial charge in [0.15, 0.2) is 0 Å². The summed E-state index contributed by atoms with van der Waals surface area (Å²) in [6, 6.07) is 9.07. The molecule has 0 unspecified atom stereocenters. The highest BCUT2D eigenvalue weighted by Gasteiger charge is 2.02. The molecular formula is C15H10N6S. The van der Waals surface area contributed by atoms with Crippen molar-refractivity contribution in [1.82, 2.24) is 4.98 Å². The molecule has 22 heavy (non-hydrogen) atoms. The van der Waals surface area contributed by atoms with Crippen molar-refractivity contribution in [3.05, 3.63) is 40.4 Å². The van der Waals surface area contributed by atoms with Gasteiger partial charge in [-0.2, -0.15) is 10.5 Å². The maximum absolute atomic E-state index is 8.71. The van der Waals surface area contributed by atoms with Crippen molar-refractivity contribution < 1.29 is 0 Å². The van der Waals surface area contributed by atoms with Crippen molar-refractivity contribution in [1.29, 1.82) is 10.5 Å². The van der Waals surface area contributed by atoms with Gasteiger partial charge in [0.2, 0.25) is 5.13 Å². The van der Waals surface area contributed by atoms with Gasteiger partial charge >= 0.3 is 0 Å². The Morgan fingerprint density at radius 3 is 2.73 bits per heavy atom. The van der Waals surface area contributed by atoms with Crippen molar-refractivity contribution in [2.24, 2.45) is 15.2 Å². The second-order valence-corrected chi connectivity index (χ2v) is 5.20. The Morgan fingerprint density at radius 1 is 1.32 bits per heavy atom. The van der Waals surface area contributed by atoms with Gasteiger partial charge < -0.3 is 0 Å². The molecule has 2 aromatic rings. The summed E-state index contributed by atoms with van der Waals surface area (Å²) in [6.45, 7) is 5.38. The first-order chi connectivity index (χ1) is 10.7. The van der Waals surface area contributed by atoms with E-state index in [4.69, 9.17) is 10.5 Å². The highest BCUT2D eigenvalue weighted by molar-refractivity contribution is 7.16. The van der Waals surface area contributed by atoms with Gasteiger partial charge in [-0.25, -0.2) is 4.98 Å². The minimum atomic E-state index is 0.0236. The fraction of sp³-hybridized carbons (Fsp3) is 0.0667. The molecule has 0 aliphatic carbocycles. The van der Waals surface area contributed by atoms with Crippen LogP contribution in [-0.4, -0.2) is 11.7 Å². The van der Waals surface area contributed by atoms with E-state index in [1.54, 1.807) is 30.5 Å². The molecule has 0 fully saturated rings. The SMILES string of the molecule is C=Nc1ccc(N=Nc2ncc(C=C(C#N)C#N)s2)c(C)c1. The van der Waals surface area contributed by atoms with E-state index >= 15 is 0 Å². The molecule has 0 saturated carbocycles. The minimum Gasteiger partial charge on any atom is -0.265 e. The lowest BCUT2D eigenvalue weighted by Gasteiger charge is -1.99. The fourth-order valence-corrected chi connectivity index (χ4v) is 2.25. The molecule has 0 spiro atoms. The average Bonchev–Trinajstić information content (AvgIpc) is 2.98.